The van der Waals surface area contributed by atoms with Gasteiger partial charge in [-0.05, 0) is 30.2 Å². The summed E-state index contributed by atoms with van der Waals surface area (Å²) in [5.74, 6) is -0.976. The van der Waals surface area contributed by atoms with E-state index < -0.39 is 10.8 Å². The van der Waals surface area contributed by atoms with Crippen LogP contribution in [-0.4, -0.2) is 17.4 Å². The number of nitrogens with one attached hydrogen (secondary N) is 1. The third-order valence-corrected chi connectivity index (χ3v) is 3.27. The number of amides is 1. The molecule has 0 aliphatic heterocycles. The van der Waals surface area contributed by atoms with Crippen molar-refractivity contribution in [1.29, 1.82) is 0 Å². The van der Waals surface area contributed by atoms with Gasteiger partial charge in [-0.15, -0.1) is 0 Å². The van der Waals surface area contributed by atoms with Crippen LogP contribution in [0.4, 0.5) is 10.1 Å². The minimum absolute atomic E-state index is 0.119. The molecule has 0 spiro atoms. The van der Waals surface area contributed by atoms with Crippen molar-refractivity contribution < 1.29 is 14.1 Å². The first-order chi connectivity index (χ1) is 10.5. The van der Waals surface area contributed by atoms with Gasteiger partial charge in [0.1, 0.15) is 11.4 Å². The van der Waals surface area contributed by atoms with Crippen molar-refractivity contribution in [1.82, 2.24) is 5.32 Å². The van der Waals surface area contributed by atoms with E-state index in [0.717, 1.165) is 0 Å². The first-order valence-electron chi connectivity index (χ1n) is 6.44. The van der Waals surface area contributed by atoms with Crippen LogP contribution in [0.15, 0.2) is 42.5 Å². The highest BCUT2D eigenvalue weighted by atomic mass is 35.5. The summed E-state index contributed by atoms with van der Waals surface area (Å²) in [6.07, 6.45) is 0.285. The van der Waals surface area contributed by atoms with Crippen molar-refractivity contribution in [3.8, 4) is 0 Å². The van der Waals surface area contributed by atoms with Crippen LogP contribution >= 0.6 is 11.6 Å². The van der Waals surface area contributed by atoms with Gasteiger partial charge in [-0.3, -0.25) is 14.9 Å². The molecule has 0 aromatic heterocycles. The molecule has 0 atom stereocenters. The fourth-order valence-corrected chi connectivity index (χ4v) is 2.13. The van der Waals surface area contributed by atoms with Gasteiger partial charge in [0.2, 0.25) is 0 Å². The highest BCUT2D eigenvalue weighted by Gasteiger charge is 2.20. The van der Waals surface area contributed by atoms with Gasteiger partial charge in [0, 0.05) is 17.6 Å². The standard InChI is InChI=1S/C15H12ClFN2O3/c16-11-5-6-14(19(21)22)12(9-11)15(20)18-8-7-10-3-1-2-4-13(10)17/h1-6,9H,7-8H2,(H,18,20). The Hall–Kier alpha value is -2.47. The van der Waals surface area contributed by atoms with Crippen LogP contribution in [0.2, 0.25) is 5.02 Å². The van der Waals surface area contributed by atoms with Crippen LogP contribution in [0.1, 0.15) is 15.9 Å². The normalized spacial score (nSPS) is 10.3. The van der Waals surface area contributed by atoms with Crippen LogP contribution in [-0.2, 0) is 6.42 Å². The quantitative estimate of drug-likeness (QED) is 0.677. The Labute approximate surface area is 130 Å². The number of benzene rings is 2. The molecular formula is C15H12ClFN2O3. The molecule has 0 bridgehead atoms. The molecule has 1 amide bonds. The first-order valence-corrected chi connectivity index (χ1v) is 6.82. The second kappa shape index (κ2) is 7.00. The maximum Gasteiger partial charge on any atom is 0.282 e. The Morgan fingerprint density at radius 1 is 1.27 bits per heavy atom. The SMILES string of the molecule is O=C(NCCc1ccccc1F)c1cc(Cl)ccc1[N+](=O)[O-]. The number of rotatable bonds is 5. The monoisotopic (exact) mass is 322 g/mol. The molecular weight excluding hydrogens is 311 g/mol. The summed E-state index contributed by atoms with van der Waals surface area (Å²) < 4.78 is 13.4. The minimum Gasteiger partial charge on any atom is -0.351 e. The van der Waals surface area contributed by atoms with E-state index in [2.05, 4.69) is 5.32 Å². The molecule has 1 N–H and O–H groups in total. The predicted octanol–water partition coefficient (Wildman–Crippen LogP) is 3.36. The smallest absolute Gasteiger partial charge is 0.282 e. The van der Waals surface area contributed by atoms with Crippen LogP contribution in [0.5, 0.6) is 0 Å². The molecule has 7 heteroatoms. The van der Waals surface area contributed by atoms with E-state index in [9.17, 15) is 19.3 Å². The number of carbonyl (C=O) groups excluding carboxylic acids is 1. The van der Waals surface area contributed by atoms with E-state index in [1.54, 1.807) is 18.2 Å². The van der Waals surface area contributed by atoms with Gasteiger partial charge in [0.15, 0.2) is 0 Å². The molecule has 0 saturated carbocycles. The van der Waals surface area contributed by atoms with Gasteiger partial charge in [-0.1, -0.05) is 29.8 Å². The van der Waals surface area contributed by atoms with E-state index in [4.69, 9.17) is 11.6 Å². The number of hydrogen-bond acceptors (Lipinski definition) is 3. The molecule has 0 aliphatic rings. The van der Waals surface area contributed by atoms with Gasteiger partial charge in [-0.2, -0.15) is 0 Å². The largest absolute Gasteiger partial charge is 0.351 e. The van der Waals surface area contributed by atoms with Crippen LogP contribution in [0.3, 0.4) is 0 Å². The zero-order chi connectivity index (χ0) is 16.1. The Bertz CT molecular complexity index is 722. The molecule has 0 saturated heterocycles. The maximum atomic E-state index is 13.4. The molecule has 0 aliphatic carbocycles. The van der Waals surface area contributed by atoms with Gasteiger partial charge in [0.25, 0.3) is 11.6 Å². The van der Waals surface area contributed by atoms with Crippen molar-refractivity contribution in [2.24, 2.45) is 0 Å². The first kappa shape index (κ1) is 15.9. The molecule has 0 heterocycles. The Kier molecular flexibility index (Phi) is 5.06. The van der Waals surface area contributed by atoms with Crippen molar-refractivity contribution in [3.63, 3.8) is 0 Å². The van der Waals surface area contributed by atoms with E-state index in [0.29, 0.717) is 5.56 Å². The summed E-state index contributed by atoms with van der Waals surface area (Å²) >= 11 is 5.76. The zero-order valence-corrected chi connectivity index (χ0v) is 12.1. The molecule has 2 aromatic carbocycles. The number of carbonyl (C=O) groups is 1. The highest BCUT2D eigenvalue weighted by molar-refractivity contribution is 6.31. The molecule has 0 radical (unpaired) electrons. The number of nitrogens with zero attached hydrogens (tertiary/aromatic N) is 1. The lowest BCUT2D eigenvalue weighted by atomic mass is 10.1. The molecule has 5 nitrogen and oxygen atoms in total. The van der Waals surface area contributed by atoms with Crippen molar-refractivity contribution in [2.75, 3.05) is 6.54 Å². The zero-order valence-electron chi connectivity index (χ0n) is 11.4. The van der Waals surface area contributed by atoms with Gasteiger partial charge < -0.3 is 5.32 Å². The fraction of sp³-hybridized carbons (Fsp3) is 0.133. The van der Waals surface area contributed by atoms with E-state index in [1.165, 1.54) is 24.3 Å². The summed E-state index contributed by atoms with van der Waals surface area (Å²) in [4.78, 5) is 22.3. The summed E-state index contributed by atoms with van der Waals surface area (Å²) in [5.41, 5.74) is 0.0159. The van der Waals surface area contributed by atoms with Crippen LogP contribution in [0.25, 0.3) is 0 Å². The Morgan fingerprint density at radius 2 is 2.00 bits per heavy atom. The van der Waals surface area contributed by atoms with Crippen molar-refractivity contribution in [3.05, 3.63) is 74.5 Å². The van der Waals surface area contributed by atoms with Crippen LogP contribution < -0.4 is 5.32 Å². The molecule has 114 valence electrons. The topological polar surface area (TPSA) is 72.2 Å². The molecule has 2 rings (SSSR count). The average Bonchev–Trinajstić information content (AvgIpc) is 2.48. The summed E-state index contributed by atoms with van der Waals surface area (Å²) in [6.45, 7) is 0.156. The molecule has 0 unspecified atom stereocenters. The maximum absolute atomic E-state index is 13.4. The lowest BCUT2D eigenvalue weighted by Gasteiger charge is -2.07. The number of halogens is 2. The highest BCUT2D eigenvalue weighted by Crippen LogP contribution is 2.22. The average molecular weight is 323 g/mol. The van der Waals surface area contributed by atoms with E-state index in [-0.39, 0.29) is 35.1 Å². The number of hydrogen-bond donors (Lipinski definition) is 1. The van der Waals surface area contributed by atoms with E-state index >= 15 is 0 Å². The van der Waals surface area contributed by atoms with Crippen molar-refractivity contribution >= 4 is 23.2 Å². The molecule has 0 fully saturated rings. The molecule has 2 aromatic rings. The van der Waals surface area contributed by atoms with Gasteiger partial charge >= 0.3 is 0 Å². The second-order valence-electron chi connectivity index (χ2n) is 4.52. The van der Waals surface area contributed by atoms with Gasteiger partial charge in [-0.25, -0.2) is 4.39 Å². The summed E-state index contributed by atoms with van der Waals surface area (Å²) in [6, 6.07) is 9.97. The lowest BCUT2D eigenvalue weighted by molar-refractivity contribution is -0.385. The lowest BCUT2D eigenvalue weighted by Crippen LogP contribution is -2.26. The van der Waals surface area contributed by atoms with Gasteiger partial charge in [0.05, 0.1) is 4.92 Å². The van der Waals surface area contributed by atoms with Crippen molar-refractivity contribution in [2.45, 2.75) is 6.42 Å². The fourth-order valence-electron chi connectivity index (χ4n) is 1.96. The summed E-state index contributed by atoms with van der Waals surface area (Å²) in [7, 11) is 0. The van der Waals surface area contributed by atoms with Crippen LogP contribution in [0, 0.1) is 15.9 Å². The summed E-state index contributed by atoms with van der Waals surface area (Å²) in [5, 5.41) is 13.7. The minimum atomic E-state index is -0.651. The Balaban J connectivity index is 2.05. The van der Waals surface area contributed by atoms with E-state index in [1.807, 2.05) is 0 Å². The second-order valence-corrected chi connectivity index (χ2v) is 4.95. The third-order valence-electron chi connectivity index (χ3n) is 3.04. The predicted molar refractivity (Wildman–Crippen MR) is 80.5 cm³/mol. The number of nitro benzene ring substituents is 1. The third kappa shape index (κ3) is 3.79. The number of nitro groups is 1. The molecule has 22 heavy (non-hydrogen) atoms. The Morgan fingerprint density at radius 3 is 2.68 bits per heavy atom.